The number of benzene rings is 2. The van der Waals surface area contributed by atoms with Gasteiger partial charge in [0.15, 0.2) is 0 Å². The molecule has 1 nitrogen and oxygen atoms in total. The van der Waals surface area contributed by atoms with Gasteiger partial charge in [-0.15, -0.1) is 0 Å². The van der Waals surface area contributed by atoms with Gasteiger partial charge in [-0.25, -0.2) is 0 Å². The number of hydrogen-bond acceptors (Lipinski definition) is 1. The van der Waals surface area contributed by atoms with Crippen LogP contribution in [0, 0.1) is 0 Å². The van der Waals surface area contributed by atoms with Gasteiger partial charge in [-0.2, -0.15) is 39.5 Å². The molecule has 0 amide bonds. The van der Waals surface area contributed by atoms with Crippen LogP contribution in [0.2, 0.25) is 0 Å². The van der Waals surface area contributed by atoms with E-state index in [1.165, 1.54) is 0 Å². The fourth-order valence-corrected chi connectivity index (χ4v) is 2.06. The maximum absolute atomic E-state index is 13.0. The van der Waals surface area contributed by atoms with E-state index in [1.807, 2.05) is 5.32 Å². The van der Waals surface area contributed by atoms with Gasteiger partial charge in [-0.1, -0.05) is 12.1 Å². The van der Waals surface area contributed by atoms with Crippen LogP contribution in [0.4, 0.5) is 50.9 Å². The van der Waals surface area contributed by atoms with Crippen molar-refractivity contribution in [2.24, 2.45) is 0 Å². The summed E-state index contributed by atoms with van der Waals surface area (Å²) in [7, 11) is 0. The third-order valence-corrected chi connectivity index (χ3v) is 3.15. The third-order valence-electron chi connectivity index (χ3n) is 3.15. The Balaban J connectivity index is 2.59. The van der Waals surface area contributed by atoms with Crippen LogP contribution in [0.1, 0.15) is 16.7 Å². The van der Waals surface area contributed by atoms with Crippen molar-refractivity contribution in [3.05, 3.63) is 59.2 Å². The summed E-state index contributed by atoms with van der Waals surface area (Å²) in [5.41, 5.74) is -6.16. The lowest BCUT2D eigenvalue weighted by molar-refractivity contribution is -0.140. The van der Waals surface area contributed by atoms with Crippen molar-refractivity contribution in [2.45, 2.75) is 18.5 Å². The van der Waals surface area contributed by atoms with E-state index >= 15 is 0 Å². The van der Waals surface area contributed by atoms with Crippen LogP contribution in [0.5, 0.6) is 0 Å². The average molecular weight is 373 g/mol. The first-order valence-corrected chi connectivity index (χ1v) is 6.52. The van der Waals surface area contributed by atoms with Gasteiger partial charge in [-0.3, -0.25) is 0 Å². The van der Waals surface area contributed by atoms with Crippen molar-refractivity contribution in [3.8, 4) is 0 Å². The van der Waals surface area contributed by atoms with Crippen LogP contribution in [0.3, 0.4) is 0 Å². The van der Waals surface area contributed by atoms with Gasteiger partial charge >= 0.3 is 18.5 Å². The highest BCUT2D eigenvalue weighted by Crippen LogP contribution is 2.42. The molecule has 2 rings (SSSR count). The van der Waals surface area contributed by atoms with Gasteiger partial charge in [0.1, 0.15) is 0 Å². The Kier molecular flexibility index (Phi) is 4.67. The van der Waals surface area contributed by atoms with E-state index in [0.29, 0.717) is 6.07 Å². The van der Waals surface area contributed by atoms with Crippen molar-refractivity contribution in [1.82, 2.24) is 0 Å². The molecule has 2 aromatic rings. The number of para-hydroxylation sites is 1. The van der Waals surface area contributed by atoms with Crippen molar-refractivity contribution in [1.29, 1.82) is 0 Å². The number of rotatable bonds is 2. The summed E-state index contributed by atoms with van der Waals surface area (Å²) in [6.07, 6.45) is -14.9. The van der Waals surface area contributed by atoms with Crippen LogP contribution >= 0.6 is 0 Å². The maximum atomic E-state index is 13.0. The Morgan fingerprint density at radius 1 is 0.560 bits per heavy atom. The van der Waals surface area contributed by atoms with Crippen LogP contribution < -0.4 is 5.32 Å². The quantitative estimate of drug-likeness (QED) is 0.594. The van der Waals surface area contributed by atoms with Gasteiger partial charge in [0.25, 0.3) is 0 Å². The van der Waals surface area contributed by atoms with Crippen molar-refractivity contribution in [3.63, 3.8) is 0 Å². The van der Waals surface area contributed by atoms with Crippen LogP contribution in [0.25, 0.3) is 0 Å². The molecule has 10 heteroatoms. The molecule has 0 heterocycles. The standard InChI is InChI=1S/C15H8F9N/c16-13(17,18)8-5-6-10(15(22,23)24)12(7-8)25-11-4-2-1-3-9(11)14(19,20)21/h1-7,25H. The van der Waals surface area contributed by atoms with Crippen LogP contribution in [-0.4, -0.2) is 0 Å². The lowest BCUT2D eigenvalue weighted by Gasteiger charge is -2.19. The number of halogens is 9. The summed E-state index contributed by atoms with van der Waals surface area (Å²) < 4.78 is 116. The molecule has 136 valence electrons. The topological polar surface area (TPSA) is 12.0 Å². The molecule has 0 saturated carbocycles. The monoisotopic (exact) mass is 373 g/mol. The van der Waals surface area contributed by atoms with Crippen molar-refractivity contribution < 1.29 is 39.5 Å². The summed E-state index contributed by atoms with van der Waals surface area (Å²) in [5.74, 6) is 0. The van der Waals surface area contributed by atoms with Gasteiger partial charge < -0.3 is 5.32 Å². The SMILES string of the molecule is FC(F)(F)c1ccc(C(F)(F)F)c(Nc2ccccc2C(F)(F)F)c1. The minimum Gasteiger partial charge on any atom is -0.355 e. The first-order chi connectivity index (χ1) is 11.3. The normalized spacial score (nSPS) is 13.0. The Labute approximate surface area is 135 Å². The number of anilines is 2. The number of nitrogens with one attached hydrogen (secondary N) is 1. The number of hydrogen-bond donors (Lipinski definition) is 1. The Hall–Kier alpha value is -2.39. The largest absolute Gasteiger partial charge is 0.418 e. The summed E-state index contributed by atoms with van der Waals surface area (Å²) >= 11 is 0. The molecule has 1 N–H and O–H groups in total. The van der Waals surface area contributed by atoms with Gasteiger partial charge in [0.2, 0.25) is 0 Å². The summed E-state index contributed by atoms with van der Waals surface area (Å²) in [5, 5.41) is 1.83. The van der Waals surface area contributed by atoms with Gasteiger partial charge in [-0.05, 0) is 30.3 Å². The molecular formula is C15H8F9N. The lowest BCUT2D eigenvalue weighted by Crippen LogP contribution is -2.14. The summed E-state index contributed by atoms with van der Waals surface area (Å²) in [6.45, 7) is 0. The number of alkyl halides is 9. The summed E-state index contributed by atoms with van der Waals surface area (Å²) in [6, 6.07) is 4.04. The molecule has 0 radical (unpaired) electrons. The Morgan fingerprint density at radius 2 is 1.08 bits per heavy atom. The Morgan fingerprint density at radius 3 is 1.60 bits per heavy atom. The summed E-state index contributed by atoms with van der Waals surface area (Å²) in [4.78, 5) is 0. The van der Waals surface area contributed by atoms with E-state index in [0.717, 1.165) is 18.2 Å². The predicted octanol–water partition coefficient (Wildman–Crippen LogP) is 6.49. The molecule has 0 fully saturated rings. The molecule has 2 aromatic carbocycles. The molecule has 0 aliphatic heterocycles. The molecule has 0 aliphatic rings. The van der Waals surface area contributed by atoms with E-state index in [9.17, 15) is 39.5 Å². The average Bonchev–Trinajstić information content (AvgIpc) is 2.44. The van der Waals surface area contributed by atoms with Crippen molar-refractivity contribution >= 4 is 11.4 Å². The second-order valence-corrected chi connectivity index (χ2v) is 4.92. The highest BCUT2D eigenvalue weighted by Gasteiger charge is 2.38. The third kappa shape index (κ3) is 4.37. The molecular weight excluding hydrogens is 365 g/mol. The zero-order valence-electron chi connectivity index (χ0n) is 11.9. The molecule has 0 unspecified atom stereocenters. The smallest absolute Gasteiger partial charge is 0.355 e. The molecule has 0 aromatic heterocycles. The lowest BCUT2D eigenvalue weighted by atomic mass is 10.1. The first kappa shape index (κ1) is 18.9. The van der Waals surface area contributed by atoms with Crippen LogP contribution in [-0.2, 0) is 18.5 Å². The van der Waals surface area contributed by atoms with Gasteiger partial charge in [0, 0.05) is 0 Å². The fraction of sp³-hybridized carbons (Fsp3) is 0.200. The minimum atomic E-state index is -5.06. The molecule has 0 bridgehead atoms. The van der Waals surface area contributed by atoms with Gasteiger partial charge in [0.05, 0.1) is 28.1 Å². The first-order valence-electron chi connectivity index (χ1n) is 6.52. The fourth-order valence-electron chi connectivity index (χ4n) is 2.06. The highest BCUT2D eigenvalue weighted by atomic mass is 19.4. The molecule has 0 spiro atoms. The van der Waals surface area contributed by atoms with E-state index in [1.54, 1.807) is 0 Å². The maximum Gasteiger partial charge on any atom is 0.418 e. The Bertz CT molecular complexity index is 757. The molecule has 25 heavy (non-hydrogen) atoms. The second-order valence-electron chi connectivity index (χ2n) is 4.92. The second kappa shape index (κ2) is 6.16. The van der Waals surface area contributed by atoms with E-state index in [-0.39, 0.29) is 18.2 Å². The predicted molar refractivity (Wildman–Crippen MR) is 71.2 cm³/mol. The zero-order valence-corrected chi connectivity index (χ0v) is 11.9. The van der Waals surface area contributed by atoms with E-state index in [2.05, 4.69) is 0 Å². The van der Waals surface area contributed by atoms with E-state index < -0.39 is 46.6 Å². The minimum absolute atomic E-state index is 0.121. The highest BCUT2D eigenvalue weighted by molar-refractivity contribution is 5.68. The zero-order chi connectivity index (χ0) is 19.0. The molecule has 0 atom stereocenters. The van der Waals surface area contributed by atoms with Crippen molar-refractivity contribution in [2.75, 3.05) is 5.32 Å². The van der Waals surface area contributed by atoms with E-state index in [4.69, 9.17) is 0 Å². The van der Waals surface area contributed by atoms with Crippen LogP contribution in [0.15, 0.2) is 42.5 Å². The molecule has 0 aliphatic carbocycles. The molecule has 0 saturated heterocycles.